The second kappa shape index (κ2) is 7.95. The van der Waals surface area contributed by atoms with Gasteiger partial charge in [0.1, 0.15) is 0 Å². The number of nitro groups is 1. The number of nitrogens with zero attached hydrogens (tertiary/aromatic N) is 1. The molecule has 1 aromatic carbocycles. The van der Waals surface area contributed by atoms with Crippen LogP contribution in [0.5, 0.6) is 0 Å². The van der Waals surface area contributed by atoms with Crippen LogP contribution in [0.25, 0.3) is 0 Å². The van der Waals surface area contributed by atoms with Crippen molar-refractivity contribution < 1.29 is 9.72 Å². The number of rotatable bonds is 6. The predicted octanol–water partition coefficient (Wildman–Crippen LogP) is 2.57. The lowest BCUT2D eigenvalue weighted by molar-refractivity contribution is -0.384. The number of non-ortho nitro benzene ring substituents is 1. The minimum absolute atomic E-state index is 0. The van der Waals surface area contributed by atoms with Crippen LogP contribution in [-0.4, -0.2) is 22.9 Å². The number of carbonyl (C=O) groups is 1. The summed E-state index contributed by atoms with van der Waals surface area (Å²) in [5, 5.41) is 13.7. The van der Waals surface area contributed by atoms with E-state index >= 15 is 0 Å². The number of hydrogen-bond acceptors (Lipinski definition) is 4. The standard InChI is InChI=1S/C14H21N3O3.ClH/c1-4-14(5-2,9-15)16-13(18)11-6-10(3)7-12(8-11)17(19)20;/h6-8H,4-5,9,15H2,1-3H3,(H,16,18);1H. The van der Waals surface area contributed by atoms with Crippen LogP contribution in [0.3, 0.4) is 0 Å². The number of nitro benzene ring substituents is 1. The first kappa shape index (κ1) is 19.3. The van der Waals surface area contributed by atoms with E-state index in [1.807, 2.05) is 13.8 Å². The van der Waals surface area contributed by atoms with Crippen molar-refractivity contribution in [3.63, 3.8) is 0 Å². The van der Waals surface area contributed by atoms with Crippen molar-refractivity contribution >= 4 is 24.0 Å². The largest absolute Gasteiger partial charge is 0.345 e. The molecule has 1 aromatic rings. The Kier molecular flexibility index (Phi) is 7.32. The smallest absolute Gasteiger partial charge is 0.270 e. The number of aryl methyl sites for hydroxylation is 1. The monoisotopic (exact) mass is 315 g/mol. The van der Waals surface area contributed by atoms with E-state index in [4.69, 9.17) is 5.73 Å². The van der Waals surface area contributed by atoms with Crippen LogP contribution in [-0.2, 0) is 0 Å². The zero-order valence-electron chi connectivity index (χ0n) is 12.5. The van der Waals surface area contributed by atoms with E-state index in [1.54, 1.807) is 13.0 Å². The van der Waals surface area contributed by atoms with Crippen molar-refractivity contribution in [1.29, 1.82) is 0 Å². The normalized spacial score (nSPS) is 10.7. The van der Waals surface area contributed by atoms with Crippen LogP contribution in [0.4, 0.5) is 5.69 Å². The summed E-state index contributed by atoms with van der Waals surface area (Å²) in [6, 6.07) is 4.36. The predicted molar refractivity (Wildman–Crippen MR) is 84.9 cm³/mol. The first-order valence-corrected chi connectivity index (χ1v) is 6.66. The van der Waals surface area contributed by atoms with Gasteiger partial charge in [-0.25, -0.2) is 0 Å². The van der Waals surface area contributed by atoms with Gasteiger partial charge in [0.25, 0.3) is 11.6 Å². The van der Waals surface area contributed by atoms with Gasteiger partial charge in [-0.2, -0.15) is 0 Å². The van der Waals surface area contributed by atoms with Gasteiger partial charge in [0.2, 0.25) is 0 Å². The van der Waals surface area contributed by atoms with Crippen molar-refractivity contribution in [3.05, 3.63) is 39.4 Å². The summed E-state index contributed by atoms with van der Waals surface area (Å²) >= 11 is 0. The number of amides is 1. The van der Waals surface area contributed by atoms with Gasteiger partial charge < -0.3 is 11.1 Å². The molecule has 118 valence electrons. The minimum Gasteiger partial charge on any atom is -0.345 e. The van der Waals surface area contributed by atoms with Crippen molar-refractivity contribution in [2.24, 2.45) is 5.73 Å². The molecule has 6 nitrogen and oxygen atoms in total. The Hall–Kier alpha value is -1.66. The maximum absolute atomic E-state index is 12.3. The van der Waals surface area contributed by atoms with Crippen molar-refractivity contribution in [1.82, 2.24) is 5.32 Å². The molecule has 0 spiro atoms. The van der Waals surface area contributed by atoms with E-state index < -0.39 is 10.5 Å². The molecule has 0 saturated heterocycles. The average Bonchev–Trinajstić information content (AvgIpc) is 2.44. The molecule has 0 aliphatic carbocycles. The number of benzene rings is 1. The van der Waals surface area contributed by atoms with Gasteiger partial charge in [-0.1, -0.05) is 13.8 Å². The fraction of sp³-hybridized carbons (Fsp3) is 0.500. The van der Waals surface area contributed by atoms with E-state index in [0.29, 0.717) is 24.9 Å². The Bertz CT molecular complexity index is 508. The van der Waals surface area contributed by atoms with Crippen LogP contribution in [0, 0.1) is 17.0 Å². The number of nitrogens with one attached hydrogen (secondary N) is 1. The summed E-state index contributed by atoms with van der Waals surface area (Å²) in [6.07, 6.45) is 1.42. The molecule has 1 rings (SSSR count). The molecular formula is C14H22ClN3O3. The first-order valence-electron chi connectivity index (χ1n) is 6.66. The molecule has 7 heteroatoms. The van der Waals surface area contributed by atoms with E-state index in [1.165, 1.54) is 12.1 Å². The summed E-state index contributed by atoms with van der Waals surface area (Å²) in [5.41, 5.74) is 6.16. The third kappa shape index (κ3) is 4.68. The highest BCUT2D eigenvalue weighted by molar-refractivity contribution is 5.95. The van der Waals surface area contributed by atoms with Gasteiger partial charge >= 0.3 is 0 Å². The van der Waals surface area contributed by atoms with Crippen LogP contribution in [0.15, 0.2) is 18.2 Å². The van der Waals surface area contributed by atoms with Crippen LogP contribution >= 0.6 is 12.4 Å². The lowest BCUT2D eigenvalue weighted by Gasteiger charge is -2.31. The van der Waals surface area contributed by atoms with Gasteiger partial charge in [0.15, 0.2) is 0 Å². The molecule has 0 bridgehead atoms. The Labute approximate surface area is 130 Å². The molecule has 0 heterocycles. The van der Waals surface area contributed by atoms with Gasteiger partial charge in [0.05, 0.1) is 10.5 Å². The maximum Gasteiger partial charge on any atom is 0.270 e. The molecule has 0 radical (unpaired) electrons. The van der Waals surface area contributed by atoms with Gasteiger partial charge in [-0.05, 0) is 31.4 Å². The van der Waals surface area contributed by atoms with E-state index in [2.05, 4.69) is 5.32 Å². The molecule has 0 unspecified atom stereocenters. The van der Waals surface area contributed by atoms with Crippen molar-refractivity contribution in [3.8, 4) is 0 Å². The highest BCUT2D eigenvalue weighted by atomic mass is 35.5. The van der Waals surface area contributed by atoms with Crippen LogP contribution < -0.4 is 11.1 Å². The number of carbonyl (C=O) groups excluding carboxylic acids is 1. The topological polar surface area (TPSA) is 98.3 Å². The number of hydrogen-bond donors (Lipinski definition) is 2. The van der Waals surface area contributed by atoms with Crippen molar-refractivity contribution in [2.45, 2.75) is 39.2 Å². The van der Waals surface area contributed by atoms with E-state index in [-0.39, 0.29) is 29.6 Å². The molecule has 0 atom stereocenters. The Morgan fingerprint density at radius 3 is 2.33 bits per heavy atom. The summed E-state index contributed by atoms with van der Waals surface area (Å²) in [4.78, 5) is 22.6. The average molecular weight is 316 g/mol. The second-order valence-electron chi connectivity index (χ2n) is 4.96. The number of nitrogens with two attached hydrogens (primary N) is 1. The maximum atomic E-state index is 12.3. The third-order valence-electron chi connectivity index (χ3n) is 3.66. The SMILES string of the molecule is CCC(CC)(CN)NC(=O)c1cc(C)cc([N+](=O)[O-])c1.Cl. The summed E-state index contributed by atoms with van der Waals surface area (Å²) in [6.45, 7) is 5.96. The fourth-order valence-electron chi connectivity index (χ4n) is 2.08. The highest BCUT2D eigenvalue weighted by Crippen LogP contribution is 2.19. The molecule has 0 saturated carbocycles. The molecule has 0 aromatic heterocycles. The van der Waals surface area contributed by atoms with Gasteiger partial charge in [-0.3, -0.25) is 14.9 Å². The molecule has 0 aliphatic heterocycles. The molecular weight excluding hydrogens is 294 g/mol. The van der Waals surface area contributed by atoms with Gasteiger partial charge in [0, 0.05) is 24.2 Å². The van der Waals surface area contributed by atoms with E-state index in [0.717, 1.165) is 0 Å². The highest BCUT2D eigenvalue weighted by Gasteiger charge is 2.27. The summed E-state index contributed by atoms with van der Waals surface area (Å²) in [7, 11) is 0. The molecule has 21 heavy (non-hydrogen) atoms. The lowest BCUT2D eigenvalue weighted by Crippen LogP contribution is -2.52. The quantitative estimate of drug-likeness (QED) is 0.622. The second-order valence-corrected chi connectivity index (χ2v) is 4.96. The fourth-order valence-corrected chi connectivity index (χ4v) is 2.08. The third-order valence-corrected chi connectivity index (χ3v) is 3.66. The zero-order valence-corrected chi connectivity index (χ0v) is 13.3. The molecule has 1 amide bonds. The van der Waals surface area contributed by atoms with Crippen LogP contribution in [0.2, 0.25) is 0 Å². The summed E-state index contributed by atoms with van der Waals surface area (Å²) < 4.78 is 0. The molecule has 0 aliphatic rings. The Morgan fingerprint density at radius 2 is 1.90 bits per heavy atom. The van der Waals surface area contributed by atoms with Crippen LogP contribution in [0.1, 0.15) is 42.6 Å². The lowest BCUT2D eigenvalue weighted by atomic mass is 9.92. The van der Waals surface area contributed by atoms with E-state index in [9.17, 15) is 14.9 Å². The van der Waals surface area contributed by atoms with Gasteiger partial charge in [-0.15, -0.1) is 12.4 Å². The zero-order chi connectivity index (χ0) is 15.3. The molecule has 0 fully saturated rings. The Morgan fingerprint density at radius 1 is 1.33 bits per heavy atom. The molecule has 3 N–H and O–H groups in total. The Balaban J connectivity index is 0.00000400. The minimum atomic E-state index is -0.500. The first-order chi connectivity index (χ1) is 9.37. The van der Waals surface area contributed by atoms with Crippen molar-refractivity contribution in [2.75, 3.05) is 6.54 Å². The number of halogens is 1. The summed E-state index contributed by atoms with van der Waals surface area (Å²) in [5.74, 6) is -0.328.